The number of ether oxygens (including phenoxy) is 7. The lowest BCUT2D eigenvalue weighted by atomic mass is 9.84. The van der Waals surface area contributed by atoms with Gasteiger partial charge in [0.25, 0.3) is 0 Å². The lowest BCUT2D eigenvalue weighted by Gasteiger charge is -2.33. The first-order chi connectivity index (χ1) is 19.1. The molecule has 2 aromatic rings. The second-order valence-corrected chi connectivity index (χ2v) is 10.6. The zero-order chi connectivity index (χ0) is 28.8. The molecule has 11 nitrogen and oxygen atoms in total. The number of benzene rings is 2. The molecule has 0 radical (unpaired) electrons. The Hall–Kier alpha value is -4.41. The number of fused-ring (bicyclic) bond motifs is 1. The third-order valence-corrected chi connectivity index (χ3v) is 7.26. The topological polar surface area (TPSA) is 119 Å². The third kappa shape index (κ3) is 4.55. The number of nitrogens with zero attached hydrogens (tertiary/aromatic N) is 1. The lowest BCUT2D eigenvalue weighted by Crippen LogP contribution is -2.49. The molecule has 0 saturated carbocycles. The summed E-state index contributed by atoms with van der Waals surface area (Å²) in [7, 11) is 4.22. The summed E-state index contributed by atoms with van der Waals surface area (Å²) >= 11 is 0. The molecule has 0 aliphatic carbocycles. The Balaban J connectivity index is 1.68. The minimum atomic E-state index is -1.25. The molecule has 5 rings (SSSR count). The van der Waals surface area contributed by atoms with Crippen molar-refractivity contribution in [3.05, 3.63) is 53.1 Å². The number of methoxy groups -OCH3 is 3. The van der Waals surface area contributed by atoms with Gasteiger partial charge in [-0.05, 0) is 41.3 Å². The summed E-state index contributed by atoms with van der Waals surface area (Å²) in [6.45, 7) is 5.82. The van der Waals surface area contributed by atoms with Gasteiger partial charge in [0.1, 0.15) is 24.4 Å². The number of imide groups is 1. The Morgan fingerprint density at radius 1 is 0.925 bits per heavy atom. The van der Waals surface area contributed by atoms with E-state index in [2.05, 4.69) is 0 Å². The summed E-state index contributed by atoms with van der Waals surface area (Å²) in [4.78, 5) is 41.8. The summed E-state index contributed by atoms with van der Waals surface area (Å²) in [5, 5.41) is 0. The fourth-order valence-electron chi connectivity index (χ4n) is 5.14. The standard InChI is InChI=1S/C29H31NO10/c1-29(2,3)21-13-37-28(33)30(21)26(31)22-23(27(32)36-6)25(16-8-10-18-20(12-16)39-14-38-18)40-24(22)15-7-9-17(34-4)19(11-15)35-5/h7-12,21-22,24H,13-14H2,1-6H3/t21-,22-,24+/m1/s1. The van der Waals surface area contributed by atoms with E-state index in [4.69, 9.17) is 33.2 Å². The SMILES string of the molecule is COC(=O)C1=C(c2ccc3c(c2)OCO3)O[C@@H](c2ccc(OC)c(OC)c2)[C@@H]1C(=O)N1C(=O)OC[C@@H]1C(C)(C)C. The minimum absolute atomic E-state index is 0.0292. The van der Waals surface area contributed by atoms with Crippen LogP contribution in [0.15, 0.2) is 42.0 Å². The van der Waals surface area contributed by atoms with Gasteiger partial charge in [0.05, 0.1) is 32.9 Å². The van der Waals surface area contributed by atoms with E-state index < -0.39 is 41.4 Å². The van der Waals surface area contributed by atoms with Gasteiger partial charge >= 0.3 is 12.1 Å². The highest BCUT2D eigenvalue weighted by atomic mass is 16.7. The van der Waals surface area contributed by atoms with Gasteiger partial charge in [-0.3, -0.25) is 4.79 Å². The van der Waals surface area contributed by atoms with Gasteiger partial charge in [0.15, 0.2) is 23.0 Å². The third-order valence-electron chi connectivity index (χ3n) is 7.26. The molecule has 212 valence electrons. The van der Waals surface area contributed by atoms with E-state index in [-0.39, 0.29) is 24.7 Å². The van der Waals surface area contributed by atoms with Gasteiger partial charge in [-0.1, -0.05) is 26.8 Å². The molecule has 0 aromatic heterocycles. The quantitative estimate of drug-likeness (QED) is 0.484. The van der Waals surface area contributed by atoms with Crippen LogP contribution >= 0.6 is 0 Å². The Morgan fingerprint density at radius 2 is 1.65 bits per heavy atom. The number of carbonyl (C=O) groups excluding carboxylic acids is 3. The average Bonchev–Trinajstić information content (AvgIpc) is 3.67. The molecule has 2 aromatic carbocycles. The van der Waals surface area contributed by atoms with Gasteiger partial charge in [-0.2, -0.15) is 0 Å². The summed E-state index contributed by atoms with van der Waals surface area (Å²) in [5.41, 5.74) is 0.475. The van der Waals surface area contributed by atoms with Crippen molar-refractivity contribution in [2.45, 2.75) is 32.9 Å². The molecular weight excluding hydrogens is 522 g/mol. The van der Waals surface area contributed by atoms with E-state index in [0.29, 0.717) is 34.1 Å². The highest BCUT2D eigenvalue weighted by Crippen LogP contribution is 2.50. The number of hydrogen-bond donors (Lipinski definition) is 0. The van der Waals surface area contributed by atoms with Crippen LogP contribution in [0.3, 0.4) is 0 Å². The molecule has 1 saturated heterocycles. The van der Waals surface area contributed by atoms with Crippen LogP contribution in [0.2, 0.25) is 0 Å². The fraction of sp³-hybridized carbons (Fsp3) is 0.414. The first kappa shape index (κ1) is 27.2. The number of amides is 2. The largest absolute Gasteiger partial charge is 0.493 e. The van der Waals surface area contributed by atoms with Crippen molar-refractivity contribution in [1.29, 1.82) is 0 Å². The van der Waals surface area contributed by atoms with E-state index in [1.807, 2.05) is 20.8 Å². The number of carbonyl (C=O) groups is 3. The molecule has 3 aliphatic heterocycles. The van der Waals surface area contributed by atoms with Crippen LogP contribution in [0.25, 0.3) is 5.76 Å². The van der Waals surface area contributed by atoms with Crippen LogP contribution in [0.1, 0.15) is 38.0 Å². The monoisotopic (exact) mass is 553 g/mol. The van der Waals surface area contributed by atoms with Crippen molar-refractivity contribution >= 4 is 23.7 Å². The molecule has 0 unspecified atom stereocenters. The second-order valence-electron chi connectivity index (χ2n) is 10.6. The van der Waals surface area contributed by atoms with Crippen LogP contribution in [-0.4, -0.2) is 63.6 Å². The maximum atomic E-state index is 14.4. The molecule has 3 atom stereocenters. The Morgan fingerprint density at radius 3 is 2.33 bits per heavy atom. The van der Waals surface area contributed by atoms with Crippen molar-refractivity contribution in [2.75, 3.05) is 34.7 Å². The summed E-state index contributed by atoms with van der Waals surface area (Å²) in [6.07, 6.45) is -1.80. The van der Waals surface area contributed by atoms with Crippen LogP contribution in [0.4, 0.5) is 4.79 Å². The Bertz CT molecular complexity index is 1390. The summed E-state index contributed by atoms with van der Waals surface area (Å²) in [5.74, 6) is -0.652. The normalized spacial score (nSPS) is 21.7. The van der Waals surface area contributed by atoms with Gasteiger partial charge in [0.2, 0.25) is 12.7 Å². The average molecular weight is 554 g/mol. The maximum Gasteiger partial charge on any atom is 0.417 e. The van der Waals surface area contributed by atoms with Crippen LogP contribution in [-0.2, 0) is 23.8 Å². The van der Waals surface area contributed by atoms with Crippen molar-refractivity contribution in [3.63, 3.8) is 0 Å². The minimum Gasteiger partial charge on any atom is -0.493 e. The summed E-state index contributed by atoms with van der Waals surface area (Å²) in [6, 6.07) is 9.56. The molecule has 11 heteroatoms. The first-order valence-electron chi connectivity index (χ1n) is 12.7. The van der Waals surface area contributed by atoms with E-state index in [1.54, 1.807) is 36.4 Å². The number of hydrogen-bond acceptors (Lipinski definition) is 10. The highest BCUT2D eigenvalue weighted by Gasteiger charge is 2.53. The fourth-order valence-corrected chi connectivity index (χ4v) is 5.14. The smallest absolute Gasteiger partial charge is 0.417 e. The van der Waals surface area contributed by atoms with Gasteiger partial charge in [-0.25, -0.2) is 14.5 Å². The van der Waals surface area contributed by atoms with Crippen molar-refractivity contribution in [3.8, 4) is 23.0 Å². The number of esters is 1. The molecule has 1 fully saturated rings. The van der Waals surface area contributed by atoms with Crippen LogP contribution in [0.5, 0.6) is 23.0 Å². The van der Waals surface area contributed by atoms with Crippen LogP contribution in [0, 0.1) is 11.3 Å². The van der Waals surface area contributed by atoms with Gasteiger partial charge in [-0.15, -0.1) is 0 Å². The number of cyclic esters (lactones) is 1. The Labute approximate surface area is 231 Å². The molecule has 40 heavy (non-hydrogen) atoms. The lowest BCUT2D eigenvalue weighted by molar-refractivity contribution is -0.142. The molecular formula is C29H31NO10. The zero-order valence-electron chi connectivity index (χ0n) is 23.1. The van der Waals surface area contributed by atoms with E-state index in [0.717, 1.165) is 4.90 Å². The Kier molecular flexibility index (Phi) is 6.99. The molecule has 0 bridgehead atoms. The molecule has 0 spiro atoms. The van der Waals surface area contributed by atoms with Gasteiger partial charge in [0, 0.05) is 5.56 Å². The van der Waals surface area contributed by atoms with Crippen molar-refractivity contribution < 1.29 is 47.5 Å². The zero-order valence-corrected chi connectivity index (χ0v) is 23.1. The highest BCUT2D eigenvalue weighted by molar-refractivity contribution is 6.07. The van der Waals surface area contributed by atoms with Crippen molar-refractivity contribution in [2.24, 2.45) is 11.3 Å². The van der Waals surface area contributed by atoms with Crippen LogP contribution < -0.4 is 18.9 Å². The van der Waals surface area contributed by atoms with Gasteiger partial charge < -0.3 is 33.2 Å². The van der Waals surface area contributed by atoms with E-state index in [9.17, 15) is 14.4 Å². The first-order valence-corrected chi connectivity index (χ1v) is 12.7. The predicted molar refractivity (Wildman–Crippen MR) is 140 cm³/mol. The van der Waals surface area contributed by atoms with E-state index in [1.165, 1.54) is 21.3 Å². The molecule has 3 heterocycles. The van der Waals surface area contributed by atoms with E-state index >= 15 is 0 Å². The number of rotatable bonds is 6. The molecule has 3 aliphatic rings. The molecule has 2 amide bonds. The molecule has 0 N–H and O–H groups in total. The predicted octanol–water partition coefficient (Wildman–Crippen LogP) is 4.10. The second kappa shape index (κ2) is 10.3. The summed E-state index contributed by atoms with van der Waals surface area (Å²) < 4.78 is 38.7. The van der Waals surface area contributed by atoms with Crippen molar-refractivity contribution in [1.82, 2.24) is 4.90 Å². The maximum absolute atomic E-state index is 14.4.